The first-order valence-corrected chi connectivity index (χ1v) is 8.89. The summed E-state index contributed by atoms with van der Waals surface area (Å²) < 4.78 is 29.7. The molecule has 0 saturated heterocycles. The van der Waals surface area contributed by atoms with E-state index in [0.29, 0.717) is 12.0 Å². The van der Waals surface area contributed by atoms with Gasteiger partial charge in [0.25, 0.3) is 5.56 Å². The lowest BCUT2D eigenvalue weighted by Crippen LogP contribution is -2.18. The van der Waals surface area contributed by atoms with Crippen molar-refractivity contribution in [1.82, 2.24) is 9.97 Å². The Balaban J connectivity index is 2.12. The number of rotatable bonds is 4. The minimum absolute atomic E-state index is 0.0762. The monoisotopic (exact) mass is 346 g/mol. The van der Waals surface area contributed by atoms with Gasteiger partial charge in [-0.25, -0.2) is 13.2 Å². The first-order chi connectivity index (χ1) is 11.4. The van der Waals surface area contributed by atoms with Crippen molar-refractivity contribution in [2.24, 2.45) is 0 Å². The molecule has 2 aromatic heterocycles. The molecule has 2 heterocycles. The van der Waals surface area contributed by atoms with Crippen LogP contribution in [0.4, 0.5) is 0 Å². The smallest absolute Gasteiger partial charge is 0.337 e. The van der Waals surface area contributed by atoms with Gasteiger partial charge in [0.2, 0.25) is 5.71 Å². The predicted octanol–water partition coefficient (Wildman–Crippen LogP) is 1.41. The maximum absolute atomic E-state index is 12.4. The molecule has 0 fully saturated rings. The number of benzene rings is 1. The number of aromatic nitrogens is 2. The van der Waals surface area contributed by atoms with E-state index in [2.05, 4.69) is 9.97 Å². The van der Waals surface area contributed by atoms with Gasteiger partial charge in [0.15, 0.2) is 9.84 Å². The Hall–Kier alpha value is -2.74. The van der Waals surface area contributed by atoms with Gasteiger partial charge in [-0.05, 0) is 24.1 Å². The third-order valence-corrected chi connectivity index (χ3v) is 5.20. The lowest BCUT2D eigenvalue weighted by Gasteiger charge is -2.06. The van der Waals surface area contributed by atoms with Gasteiger partial charge in [0.1, 0.15) is 17.0 Å². The minimum atomic E-state index is -3.68. The third kappa shape index (κ3) is 3.00. The van der Waals surface area contributed by atoms with Crippen LogP contribution in [0.15, 0.2) is 55.3 Å². The Kier molecular flexibility index (Phi) is 4.06. The summed E-state index contributed by atoms with van der Waals surface area (Å²) in [7, 11) is -3.68. The molecule has 0 spiro atoms. The predicted molar refractivity (Wildman–Crippen MR) is 87.6 cm³/mol. The van der Waals surface area contributed by atoms with Crippen molar-refractivity contribution >= 4 is 20.9 Å². The molecule has 7 nitrogen and oxygen atoms in total. The second kappa shape index (κ2) is 6.04. The number of sulfone groups is 1. The van der Waals surface area contributed by atoms with Gasteiger partial charge in [-0.2, -0.15) is 4.98 Å². The van der Waals surface area contributed by atoms with Crippen molar-refractivity contribution < 1.29 is 12.8 Å². The van der Waals surface area contributed by atoms with E-state index in [-0.39, 0.29) is 21.8 Å². The summed E-state index contributed by atoms with van der Waals surface area (Å²) in [4.78, 5) is 30.4. The van der Waals surface area contributed by atoms with E-state index < -0.39 is 26.8 Å². The van der Waals surface area contributed by atoms with Crippen LogP contribution in [0, 0.1) is 0 Å². The average molecular weight is 346 g/mol. The highest BCUT2D eigenvalue weighted by molar-refractivity contribution is 7.90. The first kappa shape index (κ1) is 16.1. The fraction of sp³-hybridized carbons (Fsp3) is 0.188. The number of nitrogens with one attached hydrogen (secondary N) is 1. The van der Waals surface area contributed by atoms with Gasteiger partial charge >= 0.3 is 5.63 Å². The average Bonchev–Trinajstić information content (AvgIpc) is 2.54. The molecule has 0 atom stereocenters. The van der Waals surface area contributed by atoms with Gasteiger partial charge in [-0.1, -0.05) is 25.1 Å². The number of hydrogen-bond donors (Lipinski definition) is 1. The summed E-state index contributed by atoms with van der Waals surface area (Å²) in [5, 5.41) is 0.165. The molecule has 124 valence electrons. The van der Waals surface area contributed by atoms with Crippen LogP contribution in [0.5, 0.6) is 0 Å². The summed E-state index contributed by atoms with van der Waals surface area (Å²) in [6, 6.07) is 9.08. The maximum atomic E-state index is 12.4. The van der Waals surface area contributed by atoms with Crippen LogP contribution in [0.2, 0.25) is 0 Å². The Labute approximate surface area is 136 Å². The summed E-state index contributed by atoms with van der Waals surface area (Å²) in [5.74, 6) is -0.574. The molecule has 0 bridgehead atoms. The quantitative estimate of drug-likeness (QED) is 0.765. The Bertz CT molecular complexity index is 1110. The number of fused-ring (bicyclic) bond motifs is 1. The van der Waals surface area contributed by atoms with Crippen LogP contribution in [-0.2, 0) is 22.0 Å². The molecular formula is C16H14N2O5S. The van der Waals surface area contributed by atoms with E-state index in [9.17, 15) is 18.0 Å². The van der Waals surface area contributed by atoms with Crippen LogP contribution < -0.4 is 11.2 Å². The zero-order chi connectivity index (χ0) is 17.3. The fourth-order valence-electron chi connectivity index (χ4n) is 2.43. The second-order valence-corrected chi connectivity index (χ2v) is 7.20. The molecule has 0 amide bonds. The number of aromatic amines is 1. The van der Waals surface area contributed by atoms with E-state index in [4.69, 9.17) is 4.42 Å². The topological polar surface area (TPSA) is 110 Å². The van der Waals surface area contributed by atoms with Crippen LogP contribution in [0.1, 0.15) is 18.3 Å². The van der Waals surface area contributed by atoms with Crippen LogP contribution in [-0.4, -0.2) is 18.4 Å². The molecular weight excluding hydrogens is 332 g/mol. The van der Waals surface area contributed by atoms with Crippen molar-refractivity contribution in [1.29, 1.82) is 0 Å². The highest BCUT2D eigenvalue weighted by atomic mass is 32.2. The van der Waals surface area contributed by atoms with Crippen LogP contribution >= 0.6 is 0 Å². The highest BCUT2D eigenvalue weighted by Crippen LogP contribution is 2.16. The summed E-state index contributed by atoms with van der Waals surface area (Å²) >= 11 is 0. The van der Waals surface area contributed by atoms with Crippen molar-refractivity contribution in [2.45, 2.75) is 24.0 Å². The molecule has 3 aromatic rings. The van der Waals surface area contributed by atoms with Crippen molar-refractivity contribution in [3.8, 4) is 0 Å². The molecule has 0 unspecified atom stereocenters. The molecule has 0 aliphatic heterocycles. The SMILES string of the molecule is CCc1cc(=O)oc2nc(CS(=O)(=O)c3ccccc3)[nH]c(=O)c12. The fourth-order valence-corrected chi connectivity index (χ4v) is 3.67. The maximum Gasteiger partial charge on any atom is 0.337 e. The molecule has 0 aliphatic rings. The molecule has 1 N–H and O–H groups in total. The van der Waals surface area contributed by atoms with E-state index in [1.54, 1.807) is 25.1 Å². The highest BCUT2D eigenvalue weighted by Gasteiger charge is 2.19. The third-order valence-electron chi connectivity index (χ3n) is 3.56. The summed E-state index contributed by atoms with van der Waals surface area (Å²) in [5.41, 5.74) is -0.804. The van der Waals surface area contributed by atoms with Gasteiger partial charge < -0.3 is 9.40 Å². The van der Waals surface area contributed by atoms with E-state index in [0.717, 1.165) is 0 Å². The molecule has 3 rings (SSSR count). The van der Waals surface area contributed by atoms with Gasteiger partial charge in [-0.3, -0.25) is 4.79 Å². The molecule has 0 saturated carbocycles. The zero-order valence-corrected chi connectivity index (χ0v) is 13.6. The molecule has 0 aliphatic carbocycles. The standard InChI is InChI=1S/C16H14N2O5S/c1-2-10-8-13(19)23-16-14(10)15(20)17-12(18-16)9-24(21,22)11-6-4-3-5-7-11/h3-8H,2,9H2,1H3,(H,17,18,20). The minimum Gasteiger partial charge on any atom is -0.403 e. The lowest BCUT2D eigenvalue weighted by atomic mass is 10.1. The van der Waals surface area contributed by atoms with E-state index >= 15 is 0 Å². The van der Waals surface area contributed by atoms with Crippen molar-refractivity contribution in [3.63, 3.8) is 0 Å². The van der Waals surface area contributed by atoms with Crippen LogP contribution in [0.3, 0.4) is 0 Å². The molecule has 0 radical (unpaired) electrons. The number of nitrogens with zero attached hydrogens (tertiary/aromatic N) is 1. The number of hydrogen-bond acceptors (Lipinski definition) is 6. The molecule has 1 aromatic carbocycles. The summed E-state index contributed by atoms with van der Waals surface area (Å²) in [6.45, 7) is 1.79. The van der Waals surface area contributed by atoms with Gasteiger partial charge in [0, 0.05) is 6.07 Å². The van der Waals surface area contributed by atoms with Crippen LogP contribution in [0.25, 0.3) is 11.1 Å². The molecule has 24 heavy (non-hydrogen) atoms. The second-order valence-electron chi connectivity index (χ2n) is 5.21. The Morgan fingerprint density at radius 1 is 1.17 bits per heavy atom. The van der Waals surface area contributed by atoms with E-state index in [1.165, 1.54) is 18.2 Å². The normalized spacial score (nSPS) is 11.7. The largest absolute Gasteiger partial charge is 0.403 e. The zero-order valence-electron chi connectivity index (χ0n) is 12.8. The number of H-pyrrole nitrogens is 1. The Morgan fingerprint density at radius 3 is 2.54 bits per heavy atom. The number of aryl methyl sites for hydroxylation is 1. The first-order valence-electron chi connectivity index (χ1n) is 7.24. The lowest BCUT2D eigenvalue weighted by molar-refractivity contribution is 0.544. The molecule has 8 heteroatoms. The van der Waals surface area contributed by atoms with Crippen molar-refractivity contribution in [2.75, 3.05) is 0 Å². The van der Waals surface area contributed by atoms with Gasteiger partial charge in [-0.15, -0.1) is 0 Å². The van der Waals surface area contributed by atoms with E-state index in [1.807, 2.05) is 0 Å². The van der Waals surface area contributed by atoms with Crippen molar-refractivity contribution in [3.05, 3.63) is 68.6 Å². The summed E-state index contributed by atoms with van der Waals surface area (Å²) in [6.07, 6.45) is 0.453. The van der Waals surface area contributed by atoms with Gasteiger partial charge in [0.05, 0.1) is 4.90 Å². The Morgan fingerprint density at radius 2 is 1.88 bits per heavy atom.